The quantitative estimate of drug-likeness (QED) is 0.611. The predicted octanol–water partition coefficient (Wildman–Crippen LogP) is 3.88. The van der Waals surface area contributed by atoms with E-state index in [2.05, 4.69) is 41.0 Å². The molecule has 4 atom stereocenters. The molecule has 0 spiro atoms. The van der Waals surface area contributed by atoms with Crippen molar-refractivity contribution >= 4 is 33.8 Å². The second-order valence-electron chi connectivity index (χ2n) is 7.66. The summed E-state index contributed by atoms with van der Waals surface area (Å²) in [6.45, 7) is 1.63. The second-order valence-corrected chi connectivity index (χ2v) is 8.07. The summed E-state index contributed by atoms with van der Waals surface area (Å²) in [5.74, 6) is 0. The molecular weight excluding hydrogens is 396 g/mol. The minimum absolute atomic E-state index is 0.00435. The Labute approximate surface area is 181 Å². The summed E-state index contributed by atoms with van der Waals surface area (Å²) in [7, 11) is 0. The van der Waals surface area contributed by atoms with E-state index in [-0.39, 0.29) is 24.4 Å². The maximum absolute atomic E-state index is 6.07. The van der Waals surface area contributed by atoms with Crippen molar-refractivity contribution in [3.63, 3.8) is 0 Å². The van der Waals surface area contributed by atoms with Crippen LogP contribution in [0.1, 0.15) is 5.56 Å². The van der Waals surface area contributed by atoms with Crippen LogP contribution in [0.15, 0.2) is 72.8 Å². The molecule has 4 unspecified atom stereocenters. The fourth-order valence-corrected chi connectivity index (χ4v) is 4.43. The van der Waals surface area contributed by atoms with Gasteiger partial charge in [0, 0.05) is 11.1 Å². The Hall–Kier alpha value is -2.51. The van der Waals surface area contributed by atoms with Crippen LogP contribution in [-0.4, -0.2) is 42.7 Å². The van der Waals surface area contributed by atoms with Gasteiger partial charge in [0.15, 0.2) is 5.11 Å². The summed E-state index contributed by atoms with van der Waals surface area (Å²) in [5.41, 5.74) is 2.13. The van der Waals surface area contributed by atoms with Crippen molar-refractivity contribution < 1.29 is 14.2 Å². The van der Waals surface area contributed by atoms with Gasteiger partial charge in [-0.2, -0.15) is 0 Å². The van der Waals surface area contributed by atoms with Gasteiger partial charge in [0.05, 0.1) is 25.9 Å². The normalized spacial score (nSPS) is 25.2. The van der Waals surface area contributed by atoms with Gasteiger partial charge >= 0.3 is 0 Å². The van der Waals surface area contributed by atoms with Gasteiger partial charge in [-0.3, -0.25) is 0 Å². The molecule has 0 bridgehead atoms. The Bertz CT molecular complexity index is 1020. The van der Waals surface area contributed by atoms with E-state index in [0.29, 0.717) is 24.9 Å². The third-order valence-corrected chi connectivity index (χ3v) is 5.89. The molecule has 154 valence electrons. The first-order valence-electron chi connectivity index (χ1n) is 10.2. The molecule has 0 aromatic heterocycles. The molecule has 3 aromatic rings. The van der Waals surface area contributed by atoms with E-state index in [1.54, 1.807) is 0 Å². The number of hydrogen-bond donors (Lipinski definition) is 2. The highest BCUT2D eigenvalue weighted by Crippen LogP contribution is 2.30. The molecule has 5 rings (SSSR count). The molecule has 0 saturated carbocycles. The zero-order chi connectivity index (χ0) is 20.3. The first-order valence-corrected chi connectivity index (χ1v) is 10.6. The average molecular weight is 421 g/mol. The van der Waals surface area contributed by atoms with Crippen LogP contribution in [0.5, 0.6) is 0 Å². The molecule has 2 heterocycles. The van der Waals surface area contributed by atoms with Crippen molar-refractivity contribution in [3.8, 4) is 0 Å². The van der Waals surface area contributed by atoms with E-state index in [0.717, 1.165) is 16.6 Å². The summed E-state index contributed by atoms with van der Waals surface area (Å²) in [6.07, 6.45) is -0.216. The monoisotopic (exact) mass is 420 g/mol. The minimum Gasteiger partial charge on any atom is -0.370 e. The maximum atomic E-state index is 6.07. The molecule has 2 fully saturated rings. The Morgan fingerprint density at radius 3 is 2.57 bits per heavy atom. The second kappa shape index (κ2) is 8.70. The smallest absolute Gasteiger partial charge is 0.171 e. The van der Waals surface area contributed by atoms with Crippen LogP contribution in [0.2, 0.25) is 0 Å². The van der Waals surface area contributed by atoms with Gasteiger partial charge in [-0.1, -0.05) is 66.7 Å². The molecule has 6 heteroatoms. The van der Waals surface area contributed by atoms with E-state index < -0.39 is 0 Å². The van der Waals surface area contributed by atoms with Crippen LogP contribution in [-0.2, 0) is 20.8 Å². The Morgan fingerprint density at radius 1 is 0.900 bits per heavy atom. The van der Waals surface area contributed by atoms with E-state index in [1.165, 1.54) is 5.39 Å². The highest BCUT2D eigenvalue weighted by Gasteiger charge is 2.48. The predicted molar refractivity (Wildman–Crippen MR) is 122 cm³/mol. The van der Waals surface area contributed by atoms with Crippen LogP contribution in [0.4, 0.5) is 5.69 Å². The maximum Gasteiger partial charge on any atom is 0.171 e. The van der Waals surface area contributed by atoms with Gasteiger partial charge in [0.25, 0.3) is 0 Å². The number of hydrogen-bond acceptors (Lipinski definition) is 4. The third-order valence-electron chi connectivity index (χ3n) is 5.67. The van der Waals surface area contributed by atoms with Gasteiger partial charge < -0.3 is 24.8 Å². The van der Waals surface area contributed by atoms with Gasteiger partial charge in [-0.15, -0.1) is 0 Å². The van der Waals surface area contributed by atoms with Crippen molar-refractivity contribution in [1.82, 2.24) is 5.32 Å². The van der Waals surface area contributed by atoms with Crippen LogP contribution in [0, 0.1) is 0 Å². The lowest BCUT2D eigenvalue weighted by atomic mass is 10.1. The molecule has 2 aliphatic rings. The topological polar surface area (TPSA) is 51.8 Å². The zero-order valence-corrected chi connectivity index (χ0v) is 17.3. The molecule has 2 aliphatic heterocycles. The molecule has 0 aliphatic carbocycles. The Balaban J connectivity index is 1.18. The molecule has 5 nitrogen and oxygen atoms in total. The lowest BCUT2D eigenvalue weighted by Crippen LogP contribution is -2.46. The van der Waals surface area contributed by atoms with Crippen LogP contribution < -0.4 is 10.6 Å². The summed E-state index contributed by atoms with van der Waals surface area (Å²) < 4.78 is 18.1. The standard InChI is InChI=1S/C24H24N2O3S/c30-24(25-19-12-6-10-17-9-4-5-11-18(17)19)26-20-14-28-23-21(15-29-22(20)23)27-13-16-7-2-1-3-8-16/h1-12,20-23H,13-15H2,(H2,25,26,30). The van der Waals surface area contributed by atoms with Gasteiger partial charge in [0.2, 0.25) is 0 Å². The molecule has 0 radical (unpaired) electrons. The highest BCUT2D eigenvalue weighted by atomic mass is 32.1. The molecule has 30 heavy (non-hydrogen) atoms. The summed E-state index contributed by atoms with van der Waals surface area (Å²) in [5, 5.41) is 9.58. The fraction of sp³-hybridized carbons (Fsp3) is 0.292. The molecule has 2 N–H and O–H groups in total. The SMILES string of the molecule is S=C(Nc1cccc2ccccc12)NC1COC2C(OCc3ccccc3)COC12. The number of fused-ring (bicyclic) bond motifs is 2. The lowest BCUT2D eigenvalue weighted by molar-refractivity contribution is -0.0391. The number of benzene rings is 3. The zero-order valence-electron chi connectivity index (χ0n) is 16.5. The fourth-order valence-electron chi connectivity index (χ4n) is 4.17. The van der Waals surface area contributed by atoms with E-state index in [1.807, 2.05) is 42.5 Å². The number of rotatable bonds is 5. The van der Waals surface area contributed by atoms with Crippen molar-refractivity contribution in [1.29, 1.82) is 0 Å². The van der Waals surface area contributed by atoms with Crippen LogP contribution >= 0.6 is 12.2 Å². The molecule has 3 aromatic carbocycles. The minimum atomic E-state index is -0.0773. The van der Waals surface area contributed by atoms with E-state index >= 15 is 0 Å². The average Bonchev–Trinajstić information content (AvgIpc) is 3.36. The molecule has 2 saturated heterocycles. The van der Waals surface area contributed by atoms with Gasteiger partial charge in [-0.05, 0) is 29.2 Å². The number of ether oxygens (including phenoxy) is 3. The third kappa shape index (κ3) is 4.04. The van der Waals surface area contributed by atoms with Crippen molar-refractivity contribution in [2.75, 3.05) is 18.5 Å². The largest absolute Gasteiger partial charge is 0.370 e. The van der Waals surface area contributed by atoms with Crippen molar-refractivity contribution in [3.05, 3.63) is 78.4 Å². The summed E-state index contributed by atoms with van der Waals surface area (Å²) in [6, 6.07) is 24.5. The summed E-state index contributed by atoms with van der Waals surface area (Å²) >= 11 is 5.58. The lowest BCUT2D eigenvalue weighted by Gasteiger charge is -2.20. The number of anilines is 1. The number of nitrogens with one attached hydrogen (secondary N) is 2. The van der Waals surface area contributed by atoms with E-state index in [4.69, 9.17) is 26.4 Å². The Morgan fingerprint density at radius 2 is 1.67 bits per heavy atom. The first-order chi connectivity index (χ1) is 14.8. The summed E-state index contributed by atoms with van der Waals surface area (Å²) in [4.78, 5) is 0. The van der Waals surface area contributed by atoms with Crippen LogP contribution in [0.25, 0.3) is 10.8 Å². The number of thiocarbonyl (C=S) groups is 1. The van der Waals surface area contributed by atoms with Gasteiger partial charge in [-0.25, -0.2) is 0 Å². The Kier molecular flexibility index (Phi) is 5.64. The van der Waals surface area contributed by atoms with Gasteiger partial charge in [0.1, 0.15) is 18.3 Å². The van der Waals surface area contributed by atoms with Crippen molar-refractivity contribution in [2.45, 2.75) is 31.0 Å². The van der Waals surface area contributed by atoms with E-state index in [9.17, 15) is 0 Å². The first kappa shape index (κ1) is 19.5. The highest BCUT2D eigenvalue weighted by molar-refractivity contribution is 7.80. The van der Waals surface area contributed by atoms with Crippen molar-refractivity contribution in [2.24, 2.45) is 0 Å². The molecular formula is C24H24N2O3S. The van der Waals surface area contributed by atoms with Crippen LogP contribution in [0.3, 0.4) is 0 Å². The molecule has 0 amide bonds.